The molecule has 2 unspecified atom stereocenters. The molecule has 22 heavy (non-hydrogen) atoms. The molecule has 0 bridgehead atoms. The molecule has 1 rings (SSSR count). The van der Waals surface area contributed by atoms with E-state index in [1.165, 1.54) is 6.08 Å². The van der Waals surface area contributed by atoms with Crippen LogP contribution >= 0.6 is 0 Å². The van der Waals surface area contributed by atoms with Crippen molar-refractivity contribution in [1.29, 1.82) is 0 Å². The SMILES string of the molecule is CCC(OC(=O)C=Cc1ccccc1)C(C(=O)O)C(C)(C)C. The number of carboxylic acids is 1. The third-order valence-corrected chi connectivity index (χ3v) is 3.45. The van der Waals surface area contributed by atoms with E-state index in [1.54, 1.807) is 6.08 Å². The highest BCUT2D eigenvalue weighted by molar-refractivity contribution is 5.87. The van der Waals surface area contributed by atoms with Crippen molar-refractivity contribution in [2.24, 2.45) is 11.3 Å². The third kappa shape index (κ3) is 5.35. The van der Waals surface area contributed by atoms with Gasteiger partial charge in [-0.1, -0.05) is 58.0 Å². The molecule has 2 atom stereocenters. The summed E-state index contributed by atoms with van der Waals surface area (Å²) in [5.74, 6) is -2.21. The zero-order chi connectivity index (χ0) is 16.8. The molecule has 0 radical (unpaired) electrons. The molecule has 0 aliphatic rings. The zero-order valence-corrected chi connectivity index (χ0v) is 13.6. The summed E-state index contributed by atoms with van der Waals surface area (Å²) in [7, 11) is 0. The Hall–Kier alpha value is -2.10. The summed E-state index contributed by atoms with van der Waals surface area (Å²) < 4.78 is 5.36. The van der Waals surface area contributed by atoms with Crippen LogP contribution in [0.15, 0.2) is 36.4 Å². The summed E-state index contributed by atoms with van der Waals surface area (Å²) in [5.41, 5.74) is 0.397. The Labute approximate surface area is 131 Å². The fraction of sp³-hybridized carbons (Fsp3) is 0.444. The van der Waals surface area contributed by atoms with E-state index in [0.717, 1.165) is 5.56 Å². The molecule has 1 N–H and O–H groups in total. The van der Waals surface area contributed by atoms with Crippen LogP contribution in [-0.4, -0.2) is 23.1 Å². The number of esters is 1. The molecule has 0 aliphatic carbocycles. The summed E-state index contributed by atoms with van der Waals surface area (Å²) in [6.45, 7) is 7.33. The Bertz CT molecular complexity index is 526. The number of hydrogen-bond donors (Lipinski definition) is 1. The molecule has 0 heterocycles. The van der Waals surface area contributed by atoms with Crippen LogP contribution in [0.4, 0.5) is 0 Å². The van der Waals surface area contributed by atoms with Gasteiger partial charge in [-0.3, -0.25) is 4.79 Å². The summed E-state index contributed by atoms with van der Waals surface area (Å²) >= 11 is 0. The number of carbonyl (C=O) groups excluding carboxylic acids is 1. The minimum atomic E-state index is -0.945. The van der Waals surface area contributed by atoms with E-state index in [1.807, 2.05) is 58.0 Å². The molecule has 0 spiro atoms. The Morgan fingerprint density at radius 3 is 2.27 bits per heavy atom. The average Bonchev–Trinajstić information content (AvgIpc) is 2.43. The summed E-state index contributed by atoms with van der Waals surface area (Å²) in [4.78, 5) is 23.4. The van der Waals surface area contributed by atoms with Crippen molar-refractivity contribution in [2.75, 3.05) is 0 Å². The summed E-state index contributed by atoms with van der Waals surface area (Å²) in [5, 5.41) is 9.42. The lowest BCUT2D eigenvalue weighted by molar-refractivity contribution is -0.160. The molecule has 1 aromatic rings. The highest BCUT2D eigenvalue weighted by Gasteiger charge is 2.39. The number of hydrogen-bond acceptors (Lipinski definition) is 3. The first-order valence-corrected chi connectivity index (χ1v) is 7.42. The van der Waals surface area contributed by atoms with E-state index in [4.69, 9.17) is 4.74 Å². The van der Waals surface area contributed by atoms with Gasteiger partial charge >= 0.3 is 11.9 Å². The van der Waals surface area contributed by atoms with Gasteiger partial charge in [-0.15, -0.1) is 0 Å². The van der Waals surface area contributed by atoms with Crippen molar-refractivity contribution in [1.82, 2.24) is 0 Å². The van der Waals surface area contributed by atoms with Crippen molar-refractivity contribution in [2.45, 2.75) is 40.2 Å². The Kier molecular flexibility index (Phi) is 6.35. The first kappa shape index (κ1) is 18.0. The van der Waals surface area contributed by atoms with Gasteiger partial charge < -0.3 is 9.84 Å². The van der Waals surface area contributed by atoms with Crippen molar-refractivity contribution in [3.05, 3.63) is 42.0 Å². The van der Waals surface area contributed by atoms with Crippen molar-refractivity contribution in [3.63, 3.8) is 0 Å². The Balaban J connectivity index is 2.78. The predicted molar refractivity (Wildman–Crippen MR) is 86.2 cm³/mol. The second kappa shape index (κ2) is 7.78. The minimum absolute atomic E-state index is 0.457. The number of ether oxygens (including phenoxy) is 1. The maximum atomic E-state index is 11.9. The molecule has 1 aromatic carbocycles. The van der Waals surface area contributed by atoms with Gasteiger partial charge in [-0.25, -0.2) is 4.79 Å². The van der Waals surface area contributed by atoms with Crippen LogP contribution in [0, 0.1) is 11.3 Å². The van der Waals surface area contributed by atoms with Gasteiger partial charge in [0.15, 0.2) is 0 Å². The van der Waals surface area contributed by atoms with Crippen LogP contribution in [0.5, 0.6) is 0 Å². The van der Waals surface area contributed by atoms with E-state index < -0.39 is 29.4 Å². The van der Waals surface area contributed by atoms with Gasteiger partial charge in [-0.05, 0) is 23.5 Å². The summed E-state index contributed by atoms with van der Waals surface area (Å²) in [6.07, 6.45) is 2.80. The number of benzene rings is 1. The molecule has 4 heteroatoms. The normalized spacial score (nSPS) is 14.5. The second-order valence-electron chi connectivity index (χ2n) is 6.31. The van der Waals surface area contributed by atoms with Crippen molar-refractivity contribution in [3.8, 4) is 0 Å². The molecule has 4 nitrogen and oxygen atoms in total. The molecular formula is C18H24O4. The van der Waals surface area contributed by atoms with Crippen LogP contribution in [0.3, 0.4) is 0 Å². The fourth-order valence-corrected chi connectivity index (χ4v) is 2.39. The maximum Gasteiger partial charge on any atom is 0.331 e. The Morgan fingerprint density at radius 2 is 1.82 bits per heavy atom. The molecule has 0 aliphatic heterocycles. The van der Waals surface area contributed by atoms with Crippen LogP contribution in [-0.2, 0) is 14.3 Å². The van der Waals surface area contributed by atoms with Gasteiger partial charge in [0.2, 0.25) is 0 Å². The molecule has 0 saturated carbocycles. The lowest BCUT2D eigenvalue weighted by Gasteiger charge is -2.32. The van der Waals surface area contributed by atoms with E-state index in [-0.39, 0.29) is 0 Å². The van der Waals surface area contributed by atoms with Crippen LogP contribution in [0.25, 0.3) is 6.08 Å². The van der Waals surface area contributed by atoms with Crippen LogP contribution < -0.4 is 0 Å². The molecule has 120 valence electrons. The number of aliphatic carboxylic acids is 1. The van der Waals surface area contributed by atoms with Crippen molar-refractivity contribution < 1.29 is 19.4 Å². The number of carboxylic acid groups (broad SMARTS) is 1. The minimum Gasteiger partial charge on any atom is -0.481 e. The van der Waals surface area contributed by atoms with E-state index in [0.29, 0.717) is 6.42 Å². The van der Waals surface area contributed by atoms with Gasteiger partial charge in [0.1, 0.15) is 6.10 Å². The predicted octanol–water partition coefficient (Wildman–Crippen LogP) is 3.77. The van der Waals surface area contributed by atoms with Crippen molar-refractivity contribution >= 4 is 18.0 Å². The third-order valence-electron chi connectivity index (χ3n) is 3.45. The standard InChI is InChI=1S/C18H24O4/c1-5-14(16(17(20)21)18(2,3)4)22-15(19)12-11-13-9-7-6-8-10-13/h6-12,14,16H,5H2,1-4H3,(H,20,21). The second-order valence-corrected chi connectivity index (χ2v) is 6.31. The lowest BCUT2D eigenvalue weighted by Crippen LogP contribution is -2.40. The van der Waals surface area contributed by atoms with Gasteiger partial charge in [0.25, 0.3) is 0 Å². The summed E-state index contributed by atoms with van der Waals surface area (Å²) in [6, 6.07) is 9.38. The van der Waals surface area contributed by atoms with Crippen LogP contribution in [0.1, 0.15) is 39.7 Å². The van der Waals surface area contributed by atoms with Gasteiger partial charge in [0.05, 0.1) is 5.92 Å². The van der Waals surface area contributed by atoms with E-state index >= 15 is 0 Å². The smallest absolute Gasteiger partial charge is 0.331 e. The first-order chi connectivity index (χ1) is 10.3. The average molecular weight is 304 g/mol. The van der Waals surface area contributed by atoms with Crippen LogP contribution in [0.2, 0.25) is 0 Å². The highest BCUT2D eigenvalue weighted by atomic mass is 16.5. The molecule has 0 fully saturated rings. The van der Waals surface area contributed by atoms with E-state index in [2.05, 4.69) is 0 Å². The molecule has 0 aromatic heterocycles. The molecule has 0 amide bonds. The zero-order valence-electron chi connectivity index (χ0n) is 13.6. The van der Waals surface area contributed by atoms with Gasteiger partial charge in [-0.2, -0.15) is 0 Å². The fourth-order valence-electron chi connectivity index (χ4n) is 2.39. The monoisotopic (exact) mass is 304 g/mol. The first-order valence-electron chi connectivity index (χ1n) is 7.42. The van der Waals surface area contributed by atoms with E-state index in [9.17, 15) is 14.7 Å². The largest absolute Gasteiger partial charge is 0.481 e. The Morgan fingerprint density at radius 1 is 1.23 bits per heavy atom. The number of carbonyl (C=O) groups is 2. The molecular weight excluding hydrogens is 280 g/mol. The lowest BCUT2D eigenvalue weighted by atomic mass is 9.76. The highest BCUT2D eigenvalue weighted by Crippen LogP contribution is 2.32. The maximum absolute atomic E-state index is 11.9. The topological polar surface area (TPSA) is 63.6 Å². The number of rotatable bonds is 6. The van der Waals surface area contributed by atoms with Gasteiger partial charge in [0, 0.05) is 6.08 Å². The quantitative estimate of drug-likeness (QED) is 0.642. The molecule has 0 saturated heterocycles.